The van der Waals surface area contributed by atoms with Crippen LogP contribution in [0.2, 0.25) is 0 Å². The zero-order chi connectivity index (χ0) is 13.1. The molecule has 0 bridgehead atoms. The van der Waals surface area contributed by atoms with Crippen molar-refractivity contribution < 1.29 is 14.1 Å². The molecule has 0 heterocycles. The molecule has 17 heavy (non-hydrogen) atoms. The second-order valence-electron chi connectivity index (χ2n) is 3.49. The van der Waals surface area contributed by atoms with E-state index in [2.05, 4.69) is 16.0 Å². The molecule has 0 fully saturated rings. The van der Waals surface area contributed by atoms with E-state index >= 15 is 0 Å². The van der Waals surface area contributed by atoms with Crippen LogP contribution in [0.5, 0.6) is 0 Å². The molecule has 0 aliphatic rings. The number of nitrogens with zero attached hydrogens (tertiary/aromatic N) is 1. The fourth-order valence-electron chi connectivity index (χ4n) is 1.09. The van der Waals surface area contributed by atoms with Gasteiger partial charge < -0.3 is 16.0 Å². The Morgan fingerprint density at radius 3 is 2.12 bits per heavy atom. The molecule has 0 aromatic carbocycles. The number of amides is 2. The van der Waals surface area contributed by atoms with Crippen LogP contribution < -0.4 is 16.0 Å². The Balaban J connectivity index is 3.43. The molecule has 0 rings (SSSR count). The summed E-state index contributed by atoms with van der Waals surface area (Å²) in [5.74, 6) is -0.263. The van der Waals surface area contributed by atoms with Gasteiger partial charge in [-0.05, 0) is 7.05 Å². The minimum atomic E-state index is -0.166. The molecule has 0 atom stereocenters. The summed E-state index contributed by atoms with van der Waals surface area (Å²) in [7, 11) is 1.66. The van der Waals surface area contributed by atoms with Crippen LogP contribution in [-0.2, 0) is 9.59 Å². The standard InChI is InChI=1S/C10H21FN4O2/c1-3-9(16)13-4-6-15(11)7-5-14-10(17)8-12-2/h12H,3-8H2,1-2H3,(H,13,16)(H,14,17). The van der Waals surface area contributed by atoms with Crippen molar-refractivity contribution in [2.75, 3.05) is 39.8 Å². The third-order valence-electron chi connectivity index (χ3n) is 2.01. The predicted molar refractivity (Wildman–Crippen MR) is 62.9 cm³/mol. The molecule has 2 amide bonds. The topological polar surface area (TPSA) is 73.5 Å². The van der Waals surface area contributed by atoms with Crippen LogP contribution in [0, 0.1) is 0 Å². The molecule has 0 radical (unpaired) electrons. The molecule has 3 N–H and O–H groups in total. The first kappa shape index (κ1) is 15.8. The molecule has 0 saturated carbocycles. The van der Waals surface area contributed by atoms with E-state index in [4.69, 9.17) is 0 Å². The number of carbonyl (C=O) groups excluding carboxylic acids is 2. The molecule has 100 valence electrons. The first-order chi connectivity index (χ1) is 8.10. The molecule has 0 unspecified atom stereocenters. The summed E-state index contributed by atoms with van der Waals surface area (Å²) in [5, 5.41) is 8.38. The largest absolute Gasteiger partial charge is 0.355 e. The van der Waals surface area contributed by atoms with Crippen molar-refractivity contribution in [3.05, 3.63) is 0 Å². The van der Waals surface area contributed by atoms with Crippen molar-refractivity contribution in [1.29, 1.82) is 0 Å². The minimum Gasteiger partial charge on any atom is -0.355 e. The van der Waals surface area contributed by atoms with Crippen LogP contribution in [0.1, 0.15) is 13.3 Å². The second kappa shape index (κ2) is 9.98. The van der Waals surface area contributed by atoms with Gasteiger partial charge in [-0.25, -0.2) is 0 Å². The lowest BCUT2D eigenvalue weighted by Crippen LogP contribution is -2.38. The quantitative estimate of drug-likeness (QED) is 0.459. The second-order valence-corrected chi connectivity index (χ2v) is 3.49. The minimum absolute atomic E-state index is 0.0966. The van der Waals surface area contributed by atoms with E-state index in [1.54, 1.807) is 14.0 Å². The zero-order valence-electron chi connectivity index (χ0n) is 10.4. The maximum absolute atomic E-state index is 13.1. The average molecular weight is 248 g/mol. The van der Waals surface area contributed by atoms with E-state index in [-0.39, 0.29) is 44.5 Å². The number of rotatable bonds is 9. The Hall–Kier alpha value is -1.21. The molecular formula is C10H21FN4O2. The van der Waals surface area contributed by atoms with Gasteiger partial charge >= 0.3 is 0 Å². The van der Waals surface area contributed by atoms with Crippen LogP contribution in [0.25, 0.3) is 0 Å². The summed E-state index contributed by atoms with van der Waals surface area (Å²) >= 11 is 0. The molecule has 7 heteroatoms. The number of hydrogen-bond donors (Lipinski definition) is 3. The molecule has 0 saturated heterocycles. The van der Waals surface area contributed by atoms with Gasteiger partial charge in [-0.3, -0.25) is 9.59 Å². The molecule has 6 nitrogen and oxygen atoms in total. The highest BCUT2D eigenvalue weighted by Crippen LogP contribution is 1.86. The lowest BCUT2D eigenvalue weighted by atomic mass is 10.4. The molecule has 0 aromatic heterocycles. The Labute approximate surface area is 101 Å². The first-order valence-corrected chi connectivity index (χ1v) is 5.68. The highest BCUT2D eigenvalue weighted by Gasteiger charge is 2.04. The van der Waals surface area contributed by atoms with Crippen LogP contribution >= 0.6 is 0 Å². The van der Waals surface area contributed by atoms with E-state index in [1.165, 1.54) is 0 Å². The average Bonchev–Trinajstić information content (AvgIpc) is 2.29. The summed E-state index contributed by atoms with van der Waals surface area (Å²) in [6, 6.07) is 0. The van der Waals surface area contributed by atoms with Gasteiger partial charge in [0.05, 0.1) is 6.54 Å². The Kier molecular flexibility index (Phi) is 9.27. The van der Waals surface area contributed by atoms with Gasteiger partial charge in [0, 0.05) is 32.6 Å². The maximum Gasteiger partial charge on any atom is 0.233 e. The van der Waals surface area contributed by atoms with Crippen molar-refractivity contribution in [2.45, 2.75) is 13.3 Å². The highest BCUT2D eigenvalue weighted by molar-refractivity contribution is 5.77. The number of nitrogens with one attached hydrogen (secondary N) is 3. The molecule has 0 spiro atoms. The first-order valence-electron chi connectivity index (χ1n) is 5.68. The van der Waals surface area contributed by atoms with Crippen LogP contribution in [0.4, 0.5) is 4.48 Å². The summed E-state index contributed by atoms with van der Waals surface area (Å²) in [5.41, 5.74) is 0. The number of hydrogen-bond acceptors (Lipinski definition) is 4. The van der Waals surface area contributed by atoms with Crippen molar-refractivity contribution >= 4 is 11.8 Å². The van der Waals surface area contributed by atoms with Crippen molar-refractivity contribution in [1.82, 2.24) is 21.1 Å². The number of likely N-dealkylation sites (N-methyl/N-ethyl adjacent to an activating group) is 1. The SMILES string of the molecule is CCC(=O)NCCN(F)CCNC(=O)CNC. The van der Waals surface area contributed by atoms with Gasteiger partial charge in [0.15, 0.2) is 0 Å². The Morgan fingerprint density at radius 2 is 1.65 bits per heavy atom. The fourth-order valence-corrected chi connectivity index (χ4v) is 1.09. The van der Waals surface area contributed by atoms with Gasteiger partial charge in [0.25, 0.3) is 0 Å². The van der Waals surface area contributed by atoms with Crippen molar-refractivity contribution in [3.8, 4) is 0 Å². The number of halogens is 1. The Morgan fingerprint density at radius 1 is 1.12 bits per heavy atom. The van der Waals surface area contributed by atoms with Crippen molar-refractivity contribution in [3.63, 3.8) is 0 Å². The smallest absolute Gasteiger partial charge is 0.233 e. The lowest BCUT2D eigenvalue weighted by molar-refractivity contribution is -0.121. The normalized spacial score (nSPS) is 10.4. The van der Waals surface area contributed by atoms with Crippen LogP contribution in [0.15, 0.2) is 0 Å². The summed E-state index contributed by atoms with van der Waals surface area (Å²) in [6.07, 6.45) is 0.395. The third kappa shape index (κ3) is 9.70. The van der Waals surface area contributed by atoms with Gasteiger partial charge in [-0.15, -0.1) is 9.60 Å². The fraction of sp³-hybridized carbons (Fsp3) is 0.800. The van der Waals surface area contributed by atoms with E-state index in [0.29, 0.717) is 11.5 Å². The Bertz CT molecular complexity index is 238. The van der Waals surface area contributed by atoms with E-state index in [0.717, 1.165) is 0 Å². The maximum atomic E-state index is 13.1. The zero-order valence-corrected chi connectivity index (χ0v) is 10.4. The third-order valence-corrected chi connectivity index (χ3v) is 2.01. The predicted octanol–water partition coefficient (Wildman–Crippen LogP) is -0.965. The lowest BCUT2D eigenvalue weighted by Gasteiger charge is -2.12. The summed E-state index contributed by atoms with van der Waals surface area (Å²) in [6.45, 7) is 2.70. The van der Waals surface area contributed by atoms with Gasteiger partial charge in [-0.2, -0.15) is 0 Å². The van der Waals surface area contributed by atoms with Crippen LogP contribution in [0.3, 0.4) is 0 Å². The summed E-state index contributed by atoms with van der Waals surface area (Å²) in [4.78, 5) is 21.8. The van der Waals surface area contributed by atoms with Gasteiger partial charge in [0.2, 0.25) is 11.8 Å². The molecular weight excluding hydrogens is 227 g/mol. The number of carbonyl (C=O) groups is 2. The van der Waals surface area contributed by atoms with E-state index in [1.807, 2.05) is 0 Å². The van der Waals surface area contributed by atoms with E-state index < -0.39 is 0 Å². The van der Waals surface area contributed by atoms with Gasteiger partial charge in [-0.1, -0.05) is 6.92 Å². The highest BCUT2D eigenvalue weighted by atomic mass is 19.2. The molecule has 0 aromatic rings. The van der Waals surface area contributed by atoms with E-state index in [9.17, 15) is 14.1 Å². The summed E-state index contributed by atoms with van der Waals surface area (Å²) < 4.78 is 13.1. The van der Waals surface area contributed by atoms with Crippen molar-refractivity contribution in [2.24, 2.45) is 0 Å². The van der Waals surface area contributed by atoms with Gasteiger partial charge in [0.1, 0.15) is 0 Å². The molecule has 0 aliphatic heterocycles. The monoisotopic (exact) mass is 248 g/mol. The molecule has 0 aliphatic carbocycles. The van der Waals surface area contributed by atoms with Crippen LogP contribution in [-0.4, -0.2) is 56.7 Å².